The Morgan fingerprint density at radius 3 is 1.48 bits per heavy atom. The first-order valence-corrected chi connectivity index (χ1v) is 7.78. The highest BCUT2D eigenvalue weighted by Gasteiger charge is 2.26. The number of aromatic hydroxyl groups is 2. The second-order valence-electron chi connectivity index (χ2n) is 5.83. The van der Waals surface area contributed by atoms with Gasteiger partial charge in [-0.2, -0.15) is 0 Å². The highest BCUT2D eigenvalue weighted by molar-refractivity contribution is 6.32. The van der Waals surface area contributed by atoms with E-state index in [1.807, 2.05) is 26.0 Å². The Labute approximate surface area is 146 Å². The lowest BCUT2D eigenvalue weighted by Crippen LogP contribution is -2.19. The Morgan fingerprint density at radius 2 is 1.17 bits per heavy atom. The van der Waals surface area contributed by atoms with Crippen molar-refractivity contribution in [1.82, 2.24) is 0 Å². The summed E-state index contributed by atoms with van der Waals surface area (Å²) in [7, 11) is 0. The van der Waals surface area contributed by atoms with Crippen LogP contribution in [0.3, 0.4) is 0 Å². The van der Waals surface area contributed by atoms with Crippen molar-refractivity contribution in [3.63, 3.8) is 0 Å². The average Bonchev–Trinajstić information content (AvgIpc) is 2.52. The van der Waals surface area contributed by atoms with E-state index < -0.39 is 5.41 Å². The van der Waals surface area contributed by atoms with Crippen LogP contribution >= 0.6 is 23.2 Å². The molecule has 2 nitrogen and oxygen atoms in total. The first-order valence-electron chi connectivity index (χ1n) is 7.03. The standard InChI is InChI=1S/C19H18Cl2O2/c1-5-11-7-13(9-15(20)17(11)22)19(3,4)14-8-12(6-2)18(23)16(21)10-14/h5-10,22-23H,1-2H2,3-4H3. The van der Waals surface area contributed by atoms with Gasteiger partial charge in [0, 0.05) is 16.5 Å². The van der Waals surface area contributed by atoms with Crippen LogP contribution in [0.4, 0.5) is 0 Å². The maximum absolute atomic E-state index is 9.95. The molecule has 120 valence electrons. The molecule has 0 aliphatic rings. The molecule has 0 saturated carbocycles. The molecular formula is C19H18Cl2O2. The van der Waals surface area contributed by atoms with Gasteiger partial charge in [-0.3, -0.25) is 0 Å². The summed E-state index contributed by atoms with van der Waals surface area (Å²) in [4.78, 5) is 0. The van der Waals surface area contributed by atoms with Gasteiger partial charge in [0.1, 0.15) is 11.5 Å². The minimum absolute atomic E-state index is 0.0109. The molecule has 0 saturated heterocycles. The topological polar surface area (TPSA) is 40.5 Å². The lowest BCUT2D eigenvalue weighted by atomic mass is 9.77. The Hall–Kier alpha value is -1.90. The molecule has 0 aliphatic carbocycles. The first-order chi connectivity index (χ1) is 10.7. The second kappa shape index (κ2) is 6.31. The first kappa shape index (κ1) is 17.5. The summed E-state index contributed by atoms with van der Waals surface area (Å²) >= 11 is 12.3. The fourth-order valence-electron chi connectivity index (χ4n) is 2.44. The Kier molecular flexibility index (Phi) is 4.79. The van der Waals surface area contributed by atoms with Crippen LogP contribution in [-0.2, 0) is 5.41 Å². The van der Waals surface area contributed by atoms with Crippen molar-refractivity contribution < 1.29 is 10.2 Å². The monoisotopic (exact) mass is 348 g/mol. The van der Waals surface area contributed by atoms with Crippen molar-refractivity contribution in [2.24, 2.45) is 0 Å². The van der Waals surface area contributed by atoms with E-state index in [2.05, 4.69) is 13.2 Å². The van der Waals surface area contributed by atoms with Gasteiger partial charge in [0.15, 0.2) is 0 Å². The van der Waals surface area contributed by atoms with Crippen LogP contribution in [0, 0.1) is 0 Å². The largest absolute Gasteiger partial charge is 0.506 e. The summed E-state index contributed by atoms with van der Waals surface area (Å²) in [5, 5.41) is 20.4. The lowest BCUT2D eigenvalue weighted by molar-refractivity contribution is 0.473. The third-order valence-electron chi connectivity index (χ3n) is 4.07. The van der Waals surface area contributed by atoms with Gasteiger partial charge in [-0.1, -0.05) is 62.4 Å². The number of phenols is 2. The van der Waals surface area contributed by atoms with Gasteiger partial charge in [0.25, 0.3) is 0 Å². The minimum atomic E-state index is -0.454. The Balaban J connectivity index is 2.67. The maximum atomic E-state index is 9.95. The summed E-state index contributed by atoms with van der Waals surface area (Å²) in [6, 6.07) is 7.11. The van der Waals surface area contributed by atoms with Gasteiger partial charge in [-0.25, -0.2) is 0 Å². The SMILES string of the molecule is C=Cc1cc(C(C)(C)c2cc(Cl)c(O)c(C=C)c2)cc(Cl)c1O. The van der Waals surface area contributed by atoms with Crippen molar-refractivity contribution >= 4 is 35.4 Å². The molecule has 2 rings (SSSR count). The third-order valence-corrected chi connectivity index (χ3v) is 4.65. The second-order valence-corrected chi connectivity index (χ2v) is 6.64. The Bertz CT molecular complexity index is 727. The number of rotatable bonds is 4. The van der Waals surface area contributed by atoms with Crippen molar-refractivity contribution in [3.05, 3.63) is 69.7 Å². The van der Waals surface area contributed by atoms with Crippen LogP contribution in [0.25, 0.3) is 12.2 Å². The minimum Gasteiger partial charge on any atom is -0.506 e. The summed E-state index contributed by atoms with van der Waals surface area (Å²) in [6.45, 7) is 11.4. The fourth-order valence-corrected chi connectivity index (χ4v) is 2.89. The van der Waals surface area contributed by atoms with Crippen LogP contribution in [0.2, 0.25) is 10.0 Å². The molecule has 2 aromatic carbocycles. The van der Waals surface area contributed by atoms with Crippen LogP contribution in [0.1, 0.15) is 36.1 Å². The van der Waals surface area contributed by atoms with E-state index >= 15 is 0 Å². The molecule has 2 N–H and O–H groups in total. The molecule has 0 aromatic heterocycles. The molecule has 0 radical (unpaired) electrons. The molecule has 0 heterocycles. The number of benzene rings is 2. The molecular weight excluding hydrogens is 331 g/mol. The molecule has 0 fully saturated rings. The zero-order chi connectivity index (χ0) is 17.4. The number of hydrogen-bond donors (Lipinski definition) is 2. The summed E-state index contributed by atoms with van der Waals surface area (Å²) in [5.74, 6) is 0.0217. The van der Waals surface area contributed by atoms with E-state index in [1.54, 1.807) is 24.3 Å². The van der Waals surface area contributed by atoms with Crippen molar-refractivity contribution in [2.75, 3.05) is 0 Å². The van der Waals surface area contributed by atoms with E-state index in [-0.39, 0.29) is 21.5 Å². The number of phenolic OH excluding ortho intramolecular Hbond substituents is 2. The fraction of sp³-hybridized carbons (Fsp3) is 0.158. The third kappa shape index (κ3) is 3.10. The van der Waals surface area contributed by atoms with Gasteiger partial charge in [0.2, 0.25) is 0 Å². The molecule has 4 heteroatoms. The van der Waals surface area contributed by atoms with E-state index in [4.69, 9.17) is 23.2 Å². The van der Waals surface area contributed by atoms with Gasteiger partial charge in [-0.15, -0.1) is 0 Å². The van der Waals surface area contributed by atoms with E-state index in [1.165, 1.54) is 0 Å². The zero-order valence-corrected chi connectivity index (χ0v) is 14.5. The molecule has 0 aliphatic heterocycles. The average molecular weight is 349 g/mol. The maximum Gasteiger partial charge on any atom is 0.141 e. The van der Waals surface area contributed by atoms with Crippen LogP contribution < -0.4 is 0 Å². The number of hydrogen-bond acceptors (Lipinski definition) is 2. The Morgan fingerprint density at radius 1 is 0.826 bits per heavy atom. The van der Waals surface area contributed by atoms with E-state index in [0.29, 0.717) is 11.1 Å². The zero-order valence-electron chi connectivity index (χ0n) is 13.0. The predicted molar refractivity (Wildman–Crippen MR) is 98.5 cm³/mol. The highest BCUT2D eigenvalue weighted by Crippen LogP contribution is 2.41. The van der Waals surface area contributed by atoms with Gasteiger partial charge in [-0.05, 0) is 35.4 Å². The molecule has 0 spiro atoms. The molecule has 0 atom stereocenters. The van der Waals surface area contributed by atoms with E-state index in [0.717, 1.165) is 11.1 Å². The van der Waals surface area contributed by atoms with Gasteiger partial charge in [0.05, 0.1) is 10.0 Å². The molecule has 0 unspecified atom stereocenters. The normalized spacial score (nSPS) is 11.3. The summed E-state index contributed by atoms with van der Waals surface area (Å²) in [5.41, 5.74) is 2.47. The van der Waals surface area contributed by atoms with Crippen molar-refractivity contribution in [3.8, 4) is 11.5 Å². The quantitative estimate of drug-likeness (QED) is 0.709. The highest BCUT2D eigenvalue weighted by atomic mass is 35.5. The molecule has 0 amide bonds. The molecule has 23 heavy (non-hydrogen) atoms. The lowest BCUT2D eigenvalue weighted by Gasteiger charge is -2.28. The molecule has 0 bridgehead atoms. The van der Waals surface area contributed by atoms with Crippen molar-refractivity contribution in [1.29, 1.82) is 0 Å². The van der Waals surface area contributed by atoms with Gasteiger partial charge >= 0.3 is 0 Å². The smallest absolute Gasteiger partial charge is 0.141 e. The van der Waals surface area contributed by atoms with Crippen LogP contribution in [0.15, 0.2) is 37.4 Å². The summed E-state index contributed by atoms with van der Waals surface area (Å²) in [6.07, 6.45) is 3.11. The summed E-state index contributed by atoms with van der Waals surface area (Å²) < 4.78 is 0. The molecule has 2 aromatic rings. The number of halogens is 2. The van der Waals surface area contributed by atoms with Crippen LogP contribution in [0.5, 0.6) is 11.5 Å². The van der Waals surface area contributed by atoms with Crippen molar-refractivity contribution in [2.45, 2.75) is 19.3 Å². The van der Waals surface area contributed by atoms with Gasteiger partial charge < -0.3 is 10.2 Å². The van der Waals surface area contributed by atoms with E-state index in [9.17, 15) is 10.2 Å². The van der Waals surface area contributed by atoms with Crippen LogP contribution in [-0.4, -0.2) is 10.2 Å². The predicted octanol–water partition coefficient (Wildman–Crippen LogP) is 6.02.